The van der Waals surface area contributed by atoms with Gasteiger partial charge in [-0.1, -0.05) is 117 Å². The molecule has 0 amide bonds. The lowest BCUT2D eigenvalue weighted by Crippen LogP contribution is -2.65. The first-order valence-electron chi connectivity index (χ1n) is 15.9. The van der Waals surface area contributed by atoms with Gasteiger partial charge in [-0.25, -0.2) is 0 Å². The standard InChI is InChI=1S/C36H48N3O5Si/c1-36(2,3)35(44-45(4)5)34-33(42-26-29-20-13-8-14-21-29)32(41-25-28-18-11-7-12-19-28)31(30(43-34)22-15-23-38-39-37)40-24-27-16-9-6-10-17-27/h6-14,16-21,30-35H,15,22-26H2,1-5H3. The van der Waals surface area contributed by atoms with E-state index in [0.717, 1.165) is 16.7 Å². The van der Waals surface area contributed by atoms with Crippen LogP contribution in [0.25, 0.3) is 10.4 Å². The number of nitrogens with zero attached hydrogens (tertiary/aromatic N) is 3. The minimum absolute atomic E-state index is 0.238. The van der Waals surface area contributed by atoms with E-state index in [-0.39, 0.29) is 17.6 Å². The zero-order valence-electron chi connectivity index (χ0n) is 27.2. The number of rotatable bonds is 16. The van der Waals surface area contributed by atoms with Gasteiger partial charge < -0.3 is 23.4 Å². The molecule has 1 radical (unpaired) electrons. The van der Waals surface area contributed by atoms with E-state index in [4.69, 9.17) is 28.9 Å². The van der Waals surface area contributed by atoms with Crippen LogP contribution in [0.15, 0.2) is 96.1 Å². The van der Waals surface area contributed by atoms with E-state index in [0.29, 0.717) is 39.2 Å². The Bertz CT molecular complexity index is 1300. The number of ether oxygens (including phenoxy) is 4. The van der Waals surface area contributed by atoms with Gasteiger partial charge in [-0.05, 0) is 53.6 Å². The molecule has 1 aliphatic heterocycles. The predicted octanol–water partition coefficient (Wildman–Crippen LogP) is 8.28. The van der Waals surface area contributed by atoms with E-state index in [2.05, 4.69) is 80.3 Å². The van der Waals surface area contributed by atoms with Crippen LogP contribution in [0.5, 0.6) is 0 Å². The fourth-order valence-corrected chi connectivity index (χ4v) is 6.69. The molecule has 1 heterocycles. The van der Waals surface area contributed by atoms with Crippen molar-refractivity contribution in [2.75, 3.05) is 6.54 Å². The van der Waals surface area contributed by atoms with Gasteiger partial charge in [-0.2, -0.15) is 0 Å². The predicted molar refractivity (Wildman–Crippen MR) is 179 cm³/mol. The van der Waals surface area contributed by atoms with E-state index in [1.807, 2.05) is 54.6 Å². The van der Waals surface area contributed by atoms with E-state index in [1.165, 1.54) is 0 Å². The lowest BCUT2D eigenvalue weighted by atomic mass is 9.80. The number of benzene rings is 3. The Hall–Kier alpha value is -3.01. The molecule has 1 fully saturated rings. The second-order valence-electron chi connectivity index (χ2n) is 12.8. The topological polar surface area (TPSA) is 94.9 Å². The molecule has 4 rings (SSSR count). The summed E-state index contributed by atoms with van der Waals surface area (Å²) < 4.78 is 34.3. The number of azide groups is 1. The van der Waals surface area contributed by atoms with Crippen LogP contribution in [0.3, 0.4) is 0 Å². The van der Waals surface area contributed by atoms with Gasteiger partial charge in [0.1, 0.15) is 24.4 Å². The van der Waals surface area contributed by atoms with Gasteiger partial charge in [0.2, 0.25) is 9.04 Å². The first-order chi connectivity index (χ1) is 21.8. The molecule has 0 saturated carbocycles. The van der Waals surface area contributed by atoms with Crippen LogP contribution < -0.4 is 0 Å². The third kappa shape index (κ3) is 10.8. The second-order valence-corrected chi connectivity index (χ2v) is 14.9. The zero-order chi connectivity index (χ0) is 32.1. The average molecular weight is 631 g/mol. The largest absolute Gasteiger partial charge is 0.411 e. The first kappa shape index (κ1) is 34.9. The molecular weight excluding hydrogens is 582 g/mol. The van der Waals surface area contributed by atoms with Crippen LogP contribution in [0.1, 0.15) is 50.3 Å². The molecule has 1 saturated heterocycles. The molecule has 241 valence electrons. The quantitative estimate of drug-likeness (QED) is 0.0522. The summed E-state index contributed by atoms with van der Waals surface area (Å²) in [6, 6.07) is 30.5. The molecule has 6 unspecified atom stereocenters. The molecule has 1 aliphatic rings. The zero-order valence-corrected chi connectivity index (χ0v) is 28.2. The molecule has 3 aromatic carbocycles. The maximum atomic E-state index is 8.91. The molecule has 0 aliphatic carbocycles. The lowest BCUT2D eigenvalue weighted by Gasteiger charge is -2.51. The highest BCUT2D eigenvalue weighted by molar-refractivity contribution is 6.48. The Balaban J connectivity index is 1.75. The van der Waals surface area contributed by atoms with Crippen molar-refractivity contribution in [1.29, 1.82) is 0 Å². The number of hydrogen-bond donors (Lipinski definition) is 0. The molecule has 3 aromatic rings. The summed E-state index contributed by atoms with van der Waals surface area (Å²) >= 11 is 0. The number of hydrogen-bond acceptors (Lipinski definition) is 6. The van der Waals surface area contributed by atoms with Crippen LogP contribution in [-0.2, 0) is 43.2 Å². The Labute approximate surface area is 270 Å². The summed E-state index contributed by atoms with van der Waals surface area (Å²) in [5.74, 6) is 0. The van der Waals surface area contributed by atoms with Gasteiger partial charge in [0.05, 0.1) is 32.0 Å². The highest BCUT2D eigenvalue weighted by Crippen LogP contribution is 2.39. The van der Waals surface area contributed by atoms with Crippen LogP contribution in [0.2, 0.25) is 13.1 Å². The third-order valence-corrected chi connectivity index (χ3v) is 8.58. The van der Waals surface area contributed by atoms with Crippen molar-refractivity contribution in [3.05, 3.63) is 118 Å². The SMILES string of the molecule is C[Si](C)OC(C1OC(CCCN=[N+]=[N-])C(OCc2ccccc2)C(OCc2ccccc2)C1OCc1ccccc1)C(C)(C)C. The van der Waals surface area contributed by atoms with Gasteiger partial charge in [0.15, 0.2) is 0 Å². The fourth-order valence-electron chi connectivity index (χ4n) is 5.70. The van der Waals surface area contributed by atoms with Crippen molar-refractivity contribution in [3.8, 4) is 0 Å². The summed E-state index contributed by atoms with van der Waals surface area (Å²) in [4.78, 5) is 2.96. The van der Waals surface area contributed by atoms with Crippen LogP contribution in [0.4, 0.5) is 0 Å². The van der Waals surface area contributed by atoms with Gasteiger partial charge in [0, 0.05) is 11.5 Å². The average Bonchev–Trinajstić information content (AvgIpc) is 3.04. The van der Waals surface area contributed by atoms with Gasteiger partial charge in [0.25, 0.3) is 0 Å². The summed E-state index contributed by atoms with van der Waals surface area (Å²) in [6.45, 7) is 12.5. The minimum Gasteiger partial charge on any atom is -0.411 e. The summed E-state index contributed by atoms with van der Waals surface area (Å²) in [5, 5.41) is 3.79. The molecule has 0 bridgehead atoms. The molecule has 9 heteroatoms. The lowest BCUT2D eigenvalue weighted by molar-refractivity contribution is -0.285. The molecule has 0 aromatic heterocycles. The first-order valence-corrected chi connectivity index (χ1v) is 18.3. The highest BCUT2D eigenvalue weighted by atomic mass is 28.3. The van der Waals surface area contributed by atoms with Crippen molar-refractivity contribution < 1.29 is 23.4 Å². The van der Waals surface area contributed by atoms with Gasteiger partial charge in [-0.3, -0.25) is 0 Å². The van der Waals surface area contributed by atoms with Gasteiger partial charge in [-0.15, -0.1) is 0 Å². The van der Waals surface area contributed by atoms with Crippen LogP contribution in [-0.4, -0.2) is 52.2 Å². The van der Waals surface area contributed by atoms with Crippen molar-refractivity contribution in [1.82, 2.24) is 0 Å². The van der Waals surface area contributed by atoms with E-state index < -0.39 is 33.5 Å². The Morgan fingerprint density at radius 3 is 1.67 bits per heavy atom. The monoisotopic (exact) mass is 630 g/mol. The Kier molecular flexibility index (Phi) is 13.6. The van der Waals surface area contributed by atoms with Crippen molar-refractivity contribution in [2.45, 2.75) is 103 Å². The third-order valence-electron chi connectivity index (χ3n) is 7.85. The second kappa shape index (κ2) is 17.6. The maximum Gasteiger partial charge on any atom is 0.205 e. The van der Waals surface area contributed by atoms with E-state index in [9.17, 15) is 0 Å². The Morgan fingerprint density at radius 1 is 0.756 bits per heavy atom. The molecular formula is C36H48N3O5Si. The van der Waals surface area contributed by atoms with Crippen molar-refractivity contribution in [3.63, 3.8) is 0 Å². The molecule has 0 N–H and O–H groups in total. The van der Waals surface area contributed by atoms with Gasteiger partial charge >= 0.3 is 0 Å². The van der Waals surface area contributed by atoms with Crippen LogP contribution >= 0.6 is 0 Å². The summed E-state index contributed by atoms with van der Waals surface area (Å²) in [6.07, 6.45) is -1.08. The van der Waals surface area contributed by atoms with Crippen molar-refractivity contribution in [2.24, 2.45) is 10.5 Å². The Morgan fingerprint density at radius 2 is 1.22 bits per heavy atom. The minimum atomic E-state index is -1.09. The summed E-state index contributed by atoms with van der Waals surface area (Å²) in [5.41, 5.74) is 11.9. The van der Waals surface area contributed by atoms with E-state index in [1.54, 1.807) is 0 Å². The maximum absolute atomic E-state index is 8.91. The summed E-state index contributed by atoms with van der Waals surface area (Å²) in [7, 11) is -1.09. The normalized spacial score (nSPS) is 22.6. The van der Waals surface area contributed by atoms with Crippen LogP contribution in [0, 0.1) is 5.41 Å². The molecule has 6 atom stereocenters. The molecule has 8 nitrogen and oxygen atoms in total. The van der Waals surface area contributed by atoms with E-state index >= 15 is 0 Å². The highest BCUT2D eigenvalue weighted by Gasteiger charge is 2.52. The smallest absolute Gasteiger partial charge is 0.205 e. The van der Waals surface area contributed by atoms with Crippen molar-refractivity contribution >= 4 is 9.04 Å². The fraction of sp³-hybridized carbons (Fsp3) is 0.500. The molecule has 0 spiro atoms. The molecule has 45 heavy (non-hydrogen) atoms.